The van der Waals surface area contributed by atoms with Gasteiger partial charge >= 0.3 is 5.63 Å². The van der Waals surface area contributed by atoms with E-state index in [1.54, 1.807) is 32.4 Å². The van der Waals surface area contributed by atoms with Crippen molar-refractivity contribution < 1.29 is 18.6 Å². The van der Waals surface area contributed by atoms with E-state index in [0.717, 1.165) is 17.7 Å². The van der Waals surface area contributed by atoms with Gasteiger partial charge in [0.1, 0.15) is 5.75 Å². The van der Waals surface area contributed by atoms with Crippen LogP contribution in [0.25, 0.3) is 22.7 Å². The minimum absolute atomic E-state index is 0.219. The fourth-order valence-electron chi connectivity index (χ4n) is 3.44. The van der Waals surface area contributed by atoms with Crippen LogP contribution in [0.15, 0.2) is 57.7 Å². The number of benzene rings is 2. The van der Waals surface area contributed by atoms with Crippen molar-refractivity contribution in [3.05, 3.63) is 59.0 Å². The molecule has 170 valence electrons. The summed E-state index contributed by atoms with van der Waals surface area (Å²) in [5.41, 5.74) is 1.50. The van der Waals surface area contributed by atoms with Crippen molar-refractivity contribution in [2.75, 3.05) is 20.8 Å². The second-order valence-corrected chi connectivity index (χ2v) is 7.58. The lowest BCUT2D eigenvalue weighted by molar-refractivity contribution is 0.304. The monoisotopic (exact) mass is 437 g/mol. The molecule has 1 heterocycles. The van der Waals surface area contributed by atoms with Gasteiger partial charge in [-0.25, -0.2) is 9.78 Å². The summed E-state index contributed by atoms with van der Waals surface area (Å²) >= 11 is 0. The molecule has 0 aliphatic rings. The summed E-state index contributed by atoms with van der Waals surface area (Å²) in [6.45, 7) is 2.93. The number of ether oxygens (including phenoxy) is 3. The number of hydrogen-bond donors (Lipinski definition) is 0. The molecule has 0 spiro atoms. The predicted octanol–water partition coefficient (Wildman–Crippen LogP) is 6.13. The first-order valence-electron chi connectivity index (χ1n) is 11.1. The van der Waals surface area contributed by atoms with E-state index in [1.807, 2.05) is 24.3 Å². The molecule has 0 amide bonds. The molecule has 0 atom stereocenters. The molecule has 0 fully saturated rings. The third-order valence-electron chi connectivity index (χ3n) is 5.22. The van der Waals surface area contributed by atoms with Crippen LogP contribution in [0.3, 0.4) is 0 Å². The lowest BCUT2D eigenvalue weighted by Gasteiger charge is -2.09. The number of nitrogens with zero attached hydrogens (tertiary/aromatic N) is 1. The maximum Gasteiger partial charge on any atom is 0.339 e. The zero-order chi connectivity index (χ0) is 22.8. The molecule has 0 aliphatic heterocycles. The van der Waals surface area contributed by atoms with Crippen LogP contribution >= 0.6 is 0 Å². The first-order valence-corrected chi connectivity index (χ1v) is 11.1. The summed E-state index contributed by atoms with van der Waals surface area (Å²) < 4.78 is 21.8. The number of unbranched alkanes of at least 4 members (excludes halogenated alkanes) is 5. The van der Waals surface area contributed by atoms with Gasteiger partial charge in [-0.05, 0) is 48.9 Å². The highest BCUT2D eigenvalue weighted by atomic mass is 16.5. The lowest BCUT2D eigenvalue weighted by atomic mass is 10.1. The van der Waals surface area contributed by atoms with Gasteiger partial charge < -0.3 is 18.6 Å². The summed E-state index contributed by atoms with van der Waals surface area (Å²) in [6.07, 6.45) is 7.39. The maximum absolute atomic E-state index is 12.2. The molecule has 0 aliphatic carbocycles. The second kappa shape index (κ2) is 11.9. The summed E-state index contributed by atoms with van der Waals surface area (Å²) in [6, 6.07) is 14.2. The molecule has 1 aromatic heterocycles. The minimum Gasteiger partial charge on any atom is -0.494 e. The highest BCUT2D eigenvalue weighted by Gasteiger charge is 2.12. The Hall–Kier alpha value is -3.28. The van der Waals surface area contributed by atoms with Crippen LogP contribution in [0, 0.1) is 0 Å². The van der Waals surface area contributed by atoms with Crippen LogP contribution in [-0.4, -0.2) is 25.8 Å². The average molecular weight is 438 g/mol. The minimum atomic E-state index is -0.469. The third kappa shape index (κ3) is 6.36. The van der Waals surface area contributed by atoms with Crippen LogP contribution in [0.2, 0.25) is 0 Å². The predicted molar refractivity (Wildman–Crippen MR) is 126 cm³/mol. The molecule has 6 nitrogen and oxygen atoms in total. The van der Waals surface area contributed by atoms with E-state index >= 15 is 0 Å². The SMILES string of the molecule is CCCCCCCCOc1ccc(-c2cc(=O)oc(-c3ccc(OC)c(OC)c3)n2)cc1. The Labute approximate surface area is 189 Å². The van der Waals surface area contributed by atoms with Gasteiger partial charge in [-0.2, -0.15) is 0 Å². The van der Waals surface area contributed by atoms with Crippen LogP contribution in [0.4, 0.5) is 0 Å². The number of aromatic nitrogens is 1. The molecule has 32 heavy (non-hydrogen) atoms. The van der Waals surface area contributed by atoms with Gasteiger partial charge in [-0.3, -0.25) is 0 Å². The molecule has 6 heteroatoms. The summed E-state index contributed by atoms with van der Waals surface area (Å²) in [4.78, 5) is 16.7. The Bertz CT molecular complexity index is 1040. The highest BCUT2D eigenvalue weighted by molar-refractivity contribution is 5.65. The topological polar surface area (TPSA) is 70.8 Å². The van der Waals surface area contributed by atoms with E-state index in [0.29, 0.717) is 29.4 Å². The fourth-order valence-corrected chi connectivity index (χ4v) is 3.44. The van der Waals surface area contributed by atoms with Gasteiger partial charge in [-0.15, -0.1) is 0 Å². The van der Waals surface area contributed by atoms with Crippen molar-refractivity contribution >= 4 is 0 Å². The average Bonchev–Trinajstić information content (AvgIpc) is 2.83. The number of rotatable bonds is 12. The van der Waals surface area contributed by atoms with Gasteiger partial charge in [-0.1, -0.05) is 39.0 Å². The molecular weight excluding hydrogens is 406 g/mol. The molecule has 0 saturated heterocycles. The summed E-state index contributed by atoms with van der Waals surface area (Å²) in [5.74, 6) is 2.15. The molecule has 2 aromatic carbocycles. The Kier molecular flexibility index (Phi) is 8.72. The van der Waals surface area contributed by atoms with E-state index in [-0.39, 0.29) is 5.89 Å². The van der Waals surface area contributed by atoms with Crippen LogP contribution < -0.4 is 19.8 Å². The highest BCUT2D eigenvalue weighted by Crippen LogP contribution is 2.32. The molecule has 0 bridgehead atoms. The second-order valence-electron chi connectivity index (χ2n) is 7.58. The number of hydrogen-bond acceptors (Lipinski definition) is 6. The third-order valence-corrected chi connectivity index (χ3v) is 5.22. The van der Waals surface area contributed by atoms with Crippen molar-refractivity contribution in [3.8, 4) is 40.0 Å². The van der Waals surface area contributed by atoms with Crippen molar-refractivity contribution in [1.29, 1.82) is 0 Å². The van der Waals surface area contributed by atoms with Gasteiger partial charge in [0, 0.05) is 11.1 Å². The first-order chi connectivity index (χ1) is 15.6. The molecule has 0 unspecified atom stereocenters. The fraction of sp³-hybridized carbons (Fsp3) is 0.385. The normalized spacial score (nSPS) is 10.7. The smallest absolute Gasteiger partial charge is 0.339 e. The molecule has 0 saturated carbocycles. The van der Waals surface area contributed by atoms with E-state index in [4.69, 9.17) is 18.6 Å². The van der Waals surface area contributed by atoms with Crippen LogP contribution in [0.1, 0.15) is 45.4 Å². The summed E-state index contributed by atoms with van der Waals surface area (Å²) in [7, 11) is 3.12. The lowest BCUT2D eigenvalue weighted by Crippen LogP contribution is -2.02. The number of methoxy groups -OCH3 is 2. The Morgan fingerprint density at radius 1 is 0.812 bits per heavy atom. The van der Waals surface area contributed by atoms with E-state index in [9.17, 15) is 4.79 Å². The van der Waals surface area contributed by atoms with Gasteiger partial charge in [0.05, 0.1) is 32.6 Å². The van der Waals surface area contributed by atoms with E-state index in [1.165, 1.54) is 38.2 Å². The standard InChI is InChI=1S/C26H31NO5/c1-4-5-6-7-8-9-16-31-21-13-10-19(11-14-21)22-18-25(28)32-26(27-22)20-12-15-23(29-2)24(17-20)30-3/h10-15,17-18H,4-9,16H2,1-3H3. The largest absolute Gasteiger partial charge is 0.494 e. The van der Waals surface area contributed by atoms with Gasteiger partial charge in [0.25, 0.3) is 0 Å². The van der Waals surface area contributed by atoms with Gasteiger partial charge in [0.2, 0.25) is 5.89 Å². The van der Waals surface area contributed by atoms with Gasteiger partial charge in [0.15, 0.2) is 11.5 Å². The maximum atomic E-state index is 12.2. The van der Waals surface area contributed by atoms with Crippen molar-refractivity contribution in [3.63, 3.8) is 0 Å². The quantitative estimate of drug-likeness (QED) is 0.318. The van der Waals surface area contributed by atoms with Crippen LogP contribution in [0.5, 0.6) is 17.2 Å². The molecule has 3 rings (SSSR count). The van der Waals surface area contributed by atoms with Crippen LogP contribution in [-0.2, 0) is 0 Å². The van der Waals surface area contributed by atoms with E-state index in [2.05, 4.69) is 11.9 Å². The molecule has 0 radical (unpaired) electrons. The first kappa shape index (κ1) is 23.4. The Morgan fingerprint density at radius 2 is 1.50 bits per heavy atom. The zero-order valence-electron chi connectivity index (χ0n) is 19.1. The van der Waals surface area contributed by atoms with Crippen molar-refractivity contribution in [2.24, 2.45) is 0 Å². The van der Waals surface area contributed by atoms with Crippen molar-refractivity contribution in [2.45, 2.75) is 45.4 Å². The zero-order valence-corrected chi connectivity index (χ0v) is 19.1. The van der Waals surface area contributed by atoms with E-state index < -0.39 is 5.63 Å². The Morgan fingerprint density at radius 3 is 2.22 bits per heavy atom. The Balaban J connectivity index is 1.68. The van der Waals surface area contributed by atoms with Crippen molar-refractivity contribution in [1.82, 2.24) is 4.98 Å². The summed E-state index contributed by atoms with van der Waals surface area (Å²) in [5, 5.41) is 0. The molecule has 3 aromatic rings. The molecular formula is C26H31NO5. The molecule has 0 N–H and O–H groups in total.